The van der Waals surface area contributed by atoms with Crippen LogP contribution < -0.4 is 19.5 Å². The van der Waals surface area contributed by atoms with Crippen LogP contribution in [-0.2, 0) is 11.3 Å². The van der Waals surface area contributed by atoms with Gasteiger partial charge in [0.15, 0.2) is 22.3 Å². The molecule has 3 aromatic heterocycles. The predicted molar refractivity (Wildman–Crippen MR) is 136 cm³/mol. The van der Waals surface area contributed by atoms with Gasteiger partial charge in [0.05, 0.1) is 32.8 Å². The summed E-state index contributed by atoms with van der Waals surface area (Å²) in [6, 6.07) is 15.2. The van der Waals surface area contributed by atoms with Gasteiger partial charge < -0.3 is 19.5 Å². The van der Waals surface area contributed by atoms with Crippen molar-refractivity contribution in [1.29, 1.82) is 0 Å². The number of carbonyl (C=O) groups excluding carboxylic acids is 1. The van der Waals surface area contributed by atoms with Gasteiger partial charge in [0.25, 0.3) is 0 Å². The van der Waals surface area contributed by atoms with Crippen LogP contribution in [0.15, 0.2) is 66.1 Å². The van der Waals surface area contributed by atoms with Crippen LogP contribution in [0.1, 0.15) is 5.56 Å². The van der Waals surface area contributed by atoms with Gasteiger partial charge in [-0.25, -0.2) is 4.52 Å². The van der Waals surface area contributed by atoms with Gasteiger partial charge in [0, 0.05) is 30.1 Å². The third-order valence-electron chi connectivity index (χ3n) is 5.66. The van der Waals surface area contributed by atoms with Crippen molar-refractivity contribution in [2.75, 3.05) is 27.1 Å². The van der Waals surface area contributed by atoms with Gasteiger partial charge in [-0.1, -0.05) is 23.9 Å². The average molecular weight is 505 g/mol. The first kappa shape index (κ1) is 23.5. The molecule has 0 aliphatic rings. The molecule has 0 aliphatic carbocycles. The van der Waals surface area contributed by atoms with Gasteiger partial charge in [0.2, 0.25) is 5.91 Å². The van der Waals surface area contributed by atoms with Crippen molar-refractivity contribution in [2.45, 2.75) is 11.7 Å². The molecule has 0 aliphatic heterocycles. The Bertz CT molecular complexity index is 1530. The second-order valence-electron chi connectivity index (χ2n) is 7.78. The van der Waals surface area contributed by atoms with E-state index in [4.69, 9.17) is 14.2 Å². The molecule has 5 aromatic rings. The number of hydrogen-bond donors (Lipinski definition) is 1. The maximum atomic E-state index is 12.5. The minimum absolute atomic E-state index is 0.131. The topological polar surface area (TPSA) is 104 Å². The number of aromatic nitrogens is 5. The van der Waals surface area contributed by atoms with Gasteiger partial charge in [0.1, 0.15) is 11.3 Å². The fraction of sp³-hybridized carbons (Fsp3) is 0.200. The number of hydrogen-bond acceptors (Lipinski definition) is 8. The molecule has 5 rings (SSSR count). The van der Waals surface area contributed by atoms with E-state index in [0.29, 0.717) is 28.8 Å². The molecule has 0 fully saturated rings. The molecule has 3 heterocycles. The summed E-state index contributed by atoms with van der Waals surface area (Å²) < 4.78 is 19.6. The number of ether oxygens (including phenoxy) is 3. The molecule has 0 unspecified atom stereocenters. The molecule has 2 aromatic carbocycles. The zero-order valence-corrected chi connectivity index (χ0v) is 20.8. The van der Waals surface area contributed by atoms with E-state index in [-0.39, 0.29) is 11.7 Å². The number of amides is 1. The number of nitrogens with zero attached hydrogens (tertiary/aromatic N) is 5. The first-order valence-electron chi connectivity index (χ1n) is 11.1. The number of thioether (sulfide) groups is 1. The Labute approximate surface area is 211 Å². The van der Waals surface area contributed by atoms with E-state index < -0.39 is 0 Å². The van der Waals surface area contributed by atoms with Crippen molar-refractivity contribution in [1.82, 2.24) is 29.5 Å². The van der Waals surface area contributed by atoms with Gasteiger partial charge in [-0.15, -0.1) is 10.2 Å². The molecule has 36 heavy (non-hydrogen) atoms. The fourth-order valence-electron chi connectivity index (χ4n) is 3.86. The van der Waals surface area contributed by atoms with Gasteiger partial charge >= 0.3 is 0 Å². The minimum Gasteiger partial charge on any atom is -0.497 e. The highest BCUT2D eigenvalue weighted by Crippen LogP contribution is 2.30. The lowest BCUT2D eigenvalue weighted by atomic mass is 10.1. The van der Waals surface area contributed by atoms with E-state index in [2.05, 4.69) is 20.6 Å². The van der Waals surface area contributed by atoms with E-state index >= 15 is 0 Å². The summed E-state index contributed by atoms with van der Waals surface area (Å²) in [6.07, 6.45) is 3.69. The average Bonchev–Trinajstić information content (AvgIpc) is 3.54. The first-order chi connectivity index (χ1) is 17.6. The van der Waals surface area contributed by atoms with Crippen molar-refractivity contribution in [3.8, 4) is 28.5 Å². The first-order valence-corrected chi connectivity index (χ1v) is 12.1. The molecule has 1 amide bonds. The Morgan fingerprint density at radius 2 is 1.83 bits per heavy atom. The molecular formula is C25H24N6O4S. The van der Waals surface area contributed by atoms with Crippen molar-refractivity contribution < 1.29 is 19.0 Å². The third-order valence-corrected chi connectivity index (χ3v) is 6.61. The number of methoxy groups -OCH3 is 3. The second kappa shape index (κ2) is 10.2. The maximum Gasteiger partial charge on any atom is 0.230 e. The van der Waals surface area contributed by atoms with Crippen LogP contribution in [0.25, 0.3) is 22.4 Å². The van der Waals surface area contributed by atoms with E-state index in [9.17, 15) is 4.79 Å². The molecule has 0 saturated carbocycles. The quantitative estimate of drug-likeness (QED) is 0.304. The molecule has 11 heteroatoms. The van der Waals surface area contributed by atoms with Crippen LogP contribution in [0.4, 0.5) is 0 Å². The number of para-hydroxylation sites is 1. The molecule has 10 nitrogen and oxygen atoms in total. The summed E-state index contributed by atoms with van der Waals surface area (Å²) in [6.45, 7) is 0.324. The fourth-order valence-corrected chi connectivity index (χ4v) is 4.61. The zero-order valence-electron chi connectivity index (χ0n) is 20.0. The molecule has 0 spiro atoms. The lowest BCUT2D eigenvalue weighted by molar-refractivity contribution is -0.118. The molecule has 0 radical (unpaired) electrons. The van der Waals surface area contributed by atoms with Gasteiger partial charge in [-0.05, 0) is 36.4 Å². The molecule has 1 N–H and O–H groups in total. The number of fused-ring (bicyclic) bond motifs is 3. The molecule has 0 bridgehead atoms. The Balaban J connectivity index is 1.28. The summed E-state index contributed by atoms with van der Waals surface area (Å²) in [5.41, 5.74) is 4.09. The SMILES string of the molecule is COc1ccc(-c2cc3c4nnc(SCC(=O)NCc5cccc(OC)c5OC)n4ccn3n2)cc1. The van der Waals surface area contributed by atoms with Crippen molar-refractivity contribution >= 4 is 28.8 Å². The van der Waals surface area contributed by atoms with Crippen LogP contribution in [0.3, 0.4) is 0 Å². The standard InChI is InChI=1S/C25H24N6O4S/c1-33-18-9-7-16(8-10-18)19-13-20-24-27-28-25(30(24)11-12-31(20)29-19)36-15-22(32)26-14-17-5-4-6-21(34-2)23(17)35-3/h4-13H,14-15H2,1-3H3,(H,26,32). The van der Waals surface area contributed by atoms with E-state index in [0.717, 1.165) is 28.1 Å². The lowest BCUT2D eigenvalue weighted by Crippen LogP contribution is -2.25. The van der Waals surface area contributed by atoms with Crippen LogP contribution in [0.2, 0.25) is 0 Å². The van der Waals surface area contributed by atoms with Crippen molar-refractivity contribution in [2.24, 2.45) is 0 Å². The molecular weight excluding hydrogens is 480 g/mol. The zero-order chi connectivity index (χ0) is 25.1. The number of nitrogens with one attached hydrogen (secondary N) is 1. The van der Waals surface area contributed by atoms with Crippen LogP contribution in [0, 0.1) is 0 Å². The van der Waals surface area contributed by atoms with Crippen LogP contribution in [-0.4, -0.2) is 57.2 Å². The lowest BCUT2D eigenvalue weighted by Gasteiger charge is -2.13. The van der Waals surface area contributed by atoms with E-state index in [1.54, 1.807) is 25.8 Å². The summed E-state index contributed by atoms with van der Waals surface area (Å²) in [5, 5.41) is 16.8. The Morgan fingerprint density at radius 3 is 2.58 bits per heavy atom. The number of benzene rings is 2. The summed E-state index contributed by atoms with van der Waals surface area (Å²) in [7, 11) is 4.79. The summed E-state index contributed by atoms with van der Waals surface area (Å²) in [5.74, 6) is 2.07. The molecule has 0 saturated heterocycles. The Hall–Kier alpha value is -4.25. The molecule has 0 atom stereocenters. The van der Waals surface area contributed by atoms with E-state index in [1.807, 2.05) is 65.3 Å². The van der Waals surface area contributed by atoms with Gasteiger partial charge in [-0.3, -0.25) is 9.20 Å². The highest BCUT2D eigenvalue weighted by Gasteiger charge is 2.15. The van der Waals surface area contributed by atoms with E-state index in [1.165, 1.54) is 11.8 Å². The highest BCUT2D eigenvalue weighted by molar-refractivity contribution is 7.99. The predicted octanol–water partition coefficient (Wildman–Crippen LogP) is 3.48. The molecule has 184 valence electrons. The Morgan fingerprint density at radius 1 is 1.00 bits per heavy atom. The van der Waals surface area contributed by atoms with Crippen LogP contribution in [0.5, 0.6) is 17.2 Å². The van der Waals surface area contributed by atoms with Crippen molar-refractivity contribution in [3.63, 3.8) is 0 Å². The monoisotopic (exact) mass is 504 g/mol. The maximum absolute atomic E-state index is 12.5. The van der Waals surface area contributed by atoms with Crippen molar-refractivity contribution in [3.05, 3.63) is 66.5 Å². The Kier molecular flexibility index (Phi) is 6.63. The third kappa shape index (κ3) is 4.52. The summed E-state index contributed by atoms with van der Waals surface area (Å²) in [4.78, 5) is 12.5. The second-order valence-corrected chi connectivity index (χ2v) is 8.72. The largest absolute Gasteiger partial charge is 0.497 e. The summed E-state index contributed by atoms with van der Waals surface area (Å²) >= 11 is 1.31. The number of rotatable bonds is 9. The number of carbonyl (C=O) groups is 1. The van der Waals surface area contributed by atoms with Gasteiger partial charge in [-0.2, -0.15) is 5.10 Å². The highest BCUT2D eigenvalue weighted by atomic mass is 32.2. The minimum atomic E-state index is -0.131. The van der Waals surface area contributed by atoms with Crippen LogP contribution >= 0.6 is 11.8 Å². The normalized spacial score (nSPS) is 11.1. The smallest absolute Gasteiger partial charge is 0.230 e.